The van der Waals surface area contributed by atoms with E-state index in [1.807, 2.05) is 68.8 Å². The SMILES string of the molecule is Cc1cccc(C)c1NC(=O)C(C)Sc1nnc(Cc2ccccc2)n1C. The summed E-state index contributed by atoms with van der Waals surface area (Å²) < 4.78 is 1.96. The summed E-state index contributed by atoms with van der Waals surface area (Å²) >= 11 is 1.42. The largest absolute Gasteiger partial charge is 0.325 e. The average molecular weight is 381 g/mol. The molecule has 3 aromatic rings. The molecular formula is C21H24N4OS. The molecule has 6 heteroatoms. The van der Waals surface area contributed by atoms with Crippen LogP contribution in [0.15, 0.2) is 53.7 Å². The van der Waals surface area contributed by atoms with Crippen LogP contribution in [0.3, 0.4) is 0 Å². The van der Waals surface area contributed by atoms with E-state index >= 15 is 0 Å². The fraction of sp³-hybridized carbons (Fsp3) is 0.286. The number of anilines is 1. The average Bonchev–Trinajstić information content (AvgIpc) is 2.99. The highest BCUT2D eigenvalue weighted by molar-refractivity contribution is 8.00. The maximum absolute atomic E-state index is 12.6. The molecule has 1 N–H and O–H groups in total. The summed E-state index contributed by atoms with van der Waals surface area (Å²) in [6, 6.07) is 16.2. The minimum absolute atomic E-state index is 0.0370. The van der Waals surface area contributed by atoms with Crippen molar-refractivity contribution in [2.45, 2.75) is 37.6 Å². The Balaban J connectivity index is 1.67. The number of aromatic nitrogens is 3. The summed E-state index contributed by atoms with van der Waals surface area (Å²) in [5.41, 5.74) is 4.19. The van der Waals surface area contributed by atoms with Gasteiger partial charge in [-0.1, -0.05) is 60.3 Å². The molecule has 0 bridgehead atoms. The molecule has 1 atom stereocenters. The molecule has 3 rings (SSSR count). The van der Waals surface area contributed by atoms with Crippen molar-refractivity contribution >= 4 is 23.4 Å². The minimum atomic E-state index is -0.281. The Morgan fingerprint density at radius 1 is 1.07 bits per heavy atom. The molecule has 1 aromatic heterocycles. The Labute approximate surface area is 164 Å². The normalized spacial score (nSPS) is 12.0. The lowest BCUT2D eigenvalue weighted by atomic mass is 10.1. The number of benzene rings is 2. The van der Waals surface area contributed by atoms with Gasteiger partial charge in [0.25, 0.3) is 0 Å². The molecule has 0 fully saturated rings. The minimum Gasteiger partial charge on any atom is -0.325 e. The predicted octanol–water partition coefficient (Wildman–Crippen LogP) is 4.14. The summed E-state index contributed by atoms with van der Waals surface area (Å²) in [4.78, 5) is 12.6. The molecule has 1 amide bonds. The standard InChI is InChI=1S/C21H24N4OS/c1-14-9-8-10-15(2)19(14)22-20(26)16(3)27-21-24-23-18(25(21)4)13-17-11-6-5-7-12-17/h5-12,16H,13H2,1-4H3,(H,22,26). The molecule has 0 spiro atoms. The molecule has 0 saturated carbocycles. The van der Waals surface area contributed by atoms with E-state index in [9.17, 15) is 4.79 Å². The summed E-state index contributed by atoms with van der Waals surface area (Å²) in [6.07, 6.45) is 0.716. The summed E-state index contributed by atoms with van der Waals surface area (Å²) in [5, 5.41) is 12.1. The molecule has 0 aliphatic heterocycles. The predicted molar refractivity (Wildman–Crippen MR) is 110 cm³/mol. The highest BCUT2D eigenvalue weighted by atomic mass is 32.2. The third-order valence-electron chi connectivity index (χ3n) is 4.51. The third kappa shape index (κ3) is 4.57. The molecule has 0 aliphatic carbocycles. The fourth-order valence-electron chi connectivity index (χ4n) is 2.83. The van der Waals surface area contributed by atoms with Gasteiger partial charge in [0.05, 0.1) is 5.25 Å². The molecule has 140 valence electrons. The monoisotopic (exact) mass is 380 g/mol. The van der Waals surface area contributed by atoms with Crippen LogP contribution >= 0.6 is 11.8 Å². The van der Waals surface area contributed by atoms with Gasteiger partial charge < -0.3 is 9.88 Å². The van der Waals surface area contributed by atoms with E-state index < -0.39 is 0 Å². The number of para-hydroxylation sites is 1. The Morgan fingerprint density at radius 2 is 1.74 bits per heavy atom. The Bertz CT molecular complexity index is 916. The van der Waals surface area contributed by atoms with Crippen molar-refractivity contribution in [2.75, 3.05) is 5.32 Å². The van der Waals surface area contributed by atoms with E-state index in [-0.39, 0.29) is 11.2 Å². The maximum Gasteiger partial charge on any atom is 0.237 e. The van der Waals surface area contributed by atoms with Gasteiger partial charge in [-0.25, -0.2) is 0 Å². The van der Waals surface area contributed by atoms with Crippen LogP contribution < -0.4 is 5.32 Å². The number of carbonyl (C=O) groups is 1. The van der Waals surface area contributed by atoms with Crippen molar-refractivity contribution in [1.82, 2.24) is 14.8 Å². The van der Waals surface area contributed by atoms with Crippen molar-refractivity contribution in [2.24, 2.45) is 7.05 Å². The second-order valence-electron chi connectivity index (χ2n) is 6.64. The zero-order valence-corrected chi connectivity index (χ0v) is 16.9. The molecule has 2 aromatic carbocycles. The van der Waals surface area contributed by atoms with Crippen LogP contribution in [0.1, 0.15) is 29.4 Å². The number of amides is 1. The first-order valence-corrected chi connectivity index (χ1v) is 9.79. The smallest absolute Gasteiger partial charge is 0.237 e. The van der Waals surface area contributed by atoms with E-state index in [2.05, 4.69) is 27.6 Å². The number of carbonyl (C=O) groups excluding carboxylic acids is 1. The van der Waals surface area contributed by atoms with Gasteiger partial charge in [-0.05, 0) is 37.5 Å². The lowest BCUT2D eigenvalue weighted by molar-refractivity contribution is -0.115. The van der Waals surface area contributed by atoms with Gasteiger partial charge in [-0.15, -0.1) is 10.2 Å². The quantitative estimate of drug-likeness (QED) is 0.653. The number of nitrogens with zero attached hydrogens (tertiary/aromatic N) is 3. The van der Waals surface area contributed by atoms with Crippen molar-refractivity contribution in [3.63, 3.8) is 0 Å². The van der Waals surface area contributed by atoms with Crippen molar-refractivity contribution in [3.05, 3.63) is 71.0 Å². The van der Waals surface area contributed by atoms with Crippen molar-refractivity contribution in [1.29, 1.82) is 0 Å². The van der Waals surface area contributed by atoms with Gasteiger partial charge in [0.1, 0.15) is 5.82 Å². The third-order valence-corrected chi connectivity index (χ3v) is 5.64. The summed E-state index contributed by atoms with van der Waals surface area (Å²) in [6.45, 7) is 5.89. The molecule has 0 aliphatic rings. The van der Waals surface area contributed by atoms with Crippen LogP contribution in [0.25, 0.3) is 0 Å². The number of thioether (sulfide) groups is 1. The summed E-state index contributed by atoms with van der Waals surface area (Å²) in [5.74, 6) is 0.844. The van der Waals surface area contributed by atoms with Crippen LogP contribution in [0.4, 0.5) is 5.69 Å². The fourth-order valence-corrected chi connectivity index (χ4v) is 3.66. The first kappa shape index (κ1) is 19.2. The highest BCUT2D eigenvalue weighted by Crippen LogP contribution is 2.25. The zero-order chi connectivity index (χ0) is 19.4. The highest BCUT2D eigenvalue weighted by Gasteiger charge is 2.20. The van der Waals surface area contributed by atoms with E-state index in [1.54, 1.807) is 0 Å². The second kappa shape index (κ2) is 8.39. The van der Waals surface area contributed by atoms with Gasteiger partial charge in [-0.3, -0.25) is 4.79 Å². The lowest BCUT2D eigenvalue weighted by Crippen LogP contribution is -2.23. The Kier molecular flexibility index (Phi) is 5.96. The van der Waals surface area contributed by atoms with Crippen molar-refractivity contribution in [3.8, 4) is 0 Å². The van der Waals surface area contributed by atoms with E-state index in [0.29, 0.717) is 6.42 Å². The van der Waals surface area contributed by atoms with Gasteiger partial charge in [0, 0.05) is 19.2 Å². The molecule has 1 unspecified atom stereocenters. The molecule has 0 radical (unpaired) electrons. The number of hydrogen-bond acceptors (Lipinski definition) is 4. The number of aryl methyl sites for hydroxylation is 2. The number of nitrogens with one attached hydrogen (secondary N) is 1. The van der Waals surface area contributed by atoms with Gasteiger partial charge >= 0.3 is 0 Å². The molecule has 1 heterocycles. The number of rotatable bonds is 6. The Hall–Kier alpha value is -2.60. The van der Waals surface area contributed by atoms with Gasteiger partial charge in [0.2, 0.25) is 5.91 Å². The van der Waals surface area contributed by atoms with Gasteiger partial charge in [0.15, 0.2) is 5.16 Å². The second-order valence-corrected chi connectivity index (χ2v) is 7.94. The van der Waals surface area contributed by atoms with E-state index in [4.69, 9.17) is 0 Å². The zero-order valence-electron chi connectivity index (χ0n) is 16.1. The summed E-state index contributed by atoms with van der Waals surface area (Å²) in [7, 11) is 1.94. The topological polar surface area (TPSA) is 59.8 Å². The van der Waals surface area contributed by atoms with Crippen LogP contribution in [-0.4, -0.2) is 25.9 Å². The number of hydrogen-bond donors (Lipinski definition) is 1. The van der Waals surface area contributed by atoms with Crippen LogP contribution in [0.5, 0.6) is 0 Å². The van der Waals surface area contributed by atoms with Crippen LogP contribution in [-0.2, 0) is 18.3 Å². The van der Waals surface area contributed by atoms with E-state index in [1.165, 1.54) is 17.3 Å². The Morgan fingerprint density at radius 3 is 2.41 bits per heavy atom. The molecule has 0 saturated heterocycles. The van der Waals surface area contributed by atoms with Crippen molar-refractivity contribution < 1.29 is 4.79 Å². The molecule has 27 heavy (non-hydrogen) atoms. The first-order valence-electron chi connectivity index (χ1n) is 8.91. The van der Waals surface area contributed by atoms with Crippen LogP contribution in [0, 0.1) is 13.8 Å². The van der Waals surface area contributed by atoms with Gasteiger partial charge in [-0.2, -0.15) is 0 Å². The van der Waals surface area contributed by atoms with E-state index in [0.717, 1.165) is 27.8 Å². The molecule has 5 nitrogen and oxygen atoms in total. The first-order chi connectivity index (χ1) is 13.0. The lowest BCUT2D eigenvalue weighted by Gasteiger charge is -2.15. The van der Waals surface area contributed by atoms with Crippen LogP contribution in [0.2, 0.25) is 0 Å². The maximum atomic E-state index is 12.6. The molecular weight excluding hydrogens is 356 g/mol.